The molecule has 8 nitrogen and oxygen atoms in total. The van der Waals surface area contributed by atoms with Gasteiger partial charge in [0.1, 0.15) is 0 Å². The molecule has 2 aromatic rings. The lowest BCUT2D eigenvalue weighted by atomic mass is 10.1. The first-order valence-electron chi connectivity index (χ1n) is 8.29. The second-order valence-corrected chi connectivity index (χ2v) is 5.99. The summed E-state index contributed by atoms with van der Waals surface area (Å²) in [6.45, 7) is 4.21. The zero-order chi connectivity index (χ0) is 16.9. The van der Waals surface area contributed by atoms with E-state index in [2.05, 4.69) is 27.3 Å². The Morgan fingerprint density at radius 2 is 2.38 bits per heavy atom. The molecule has 0 radical (unpaired) electrons. The molecule has 0 saturated carbocycles. The van der Waals surface area contributed by atoms with Gasteiger partial charge in [-0.3, -0.25) is 14.3 Å². The number of aromatic nitrogens is 4. The van der Waals surface area contributed by atoms with Crippen LogP contribution in [0.2, 0.25) is 0 Å². The van der Waals surface area contributed by atoms with Crippen LogP contribution in [0.25, 0.3) is 0 Å². The van der Waals surface area contributed by atoms with E-state index < -0.39 is 0 Å². The molecule has 0 aliphatic carbocycles. The average molecular weight is 330 g/mol. The molecule has 1 aliphatic rings. The van der Waals surface area contributed by atoms with E-state index in [-0.39, 0.29) is 17.5 Å². The van der Waals surface area contributed by atoms with Crippen LogP contribution in [0.4, 0.5) is 5.82 Å². The van der Waals surface area contributed by atoms with Gasteiger partial charge in [-0.1, -0.05) is 6.92 Å². The highest BCUT2D eigenvalue weighted by atomic mass is 16.2. The molecule has 1 aliphatic heterocycles. The lowest BCUT2D eigenvalue weighted by molar-refractivity contribution is 0.0933. The van der Waals surface area contributed by atoms with Crippen molar-refractivity contribution in [3.63, 3.8) is 0 Å². The molecule has 3 heterocycles. The Morgan fingerprint density at radius 1 is 1.50 bits per heavy atom. The number of hydrogen-bond acceptors (Lipinski definition) is 5. The summed E-state index contributed by atoms with van der Waals surface area (Å²) < 4.78 is 1.77. The molecule has 24 heavy (non-hydrogen) atoms. The lowest BCUT2D eigenvalue weighted by Gasteiger charge is -2.33. The predicted octanol–water partition coefficient (Wildman–Crippen LogP) is 0.775. The van der Waals surface area contributed by atoms with Crippen molar-refractivity contribution in [2.24, 2.45) is 0 Å². The molecule has 2 N–H and O–H groups in total. The van der Waals surface area contributed by atoms with Crippen LogP contribution in [0.15, 0.2) is 29.6 Å². The van der Waals surface area contributed by atoms with Gasteiger partial charge in [0.25, 0.3) is 11.5 Å². The van der Waals surface area contributed by atoms with Crippen molar-refractivity contribution in [3.8, 4) is 0 Å². The first kappa shape index (κ1) is 16.2. The molecule has 0 aromatic carbocycles. The van der Waals surface area contributed by atoms with E-state index in [4.69, 9.17) is 0 Å². The molecule has 3 rings (SSSR count). The van der Waals surface area contributed by atoms with Crippen molar-refractivity contribution in [1.82, 2.24) is 25.1 Å². The van der Waals surface area contributed by atoms with E-state index in [0.717, 1.165) is 32.4 Å². The Kier molecular flexibility index (Phi) is 4.93. The number of nitrogens with one attached hydrogen (secondary N) is 2. The number of amides is 1. The second kappa shape index (κ2) is 7.29. The normalized spacial score (nSPS) is 17.7. The van der Waals surface area contributed by atoms with Crippen LogP contribution in [-0.2, 0) is 6.54 Å². The predicted molar refractivity (Wildman–Crippen MR) is 90.1 cm³/mol. The van der Waals surface area contributed by atoms with E-state index in [1.54, 1.807) is 23.3 Å². The average Bonchev–Trinajstić information content (AvgIpc) is 3.05. The second-order valence-electron chi connectivity index (χ2n) is 5.99. The number of anilines is 1. The van der Waals surface area contributed by atoms with E-state index >= 15 is 0 Å². The highest BCUT2D eigenvalue weighted by Crippen LogP contribution is 2.14. The van der Waals surface area contributed by atoms with Gasteiger partial charge in [0.15, 0.2) is 5.82 Å². The minimum absolute atomic E-state index is 0.0119. The Morgan fingerprint density at radius 3 is 3.17 bits per heavy atom. The van der Waals surface area contributed by atoms with E-state index in [1.165, 1.54) is 6.20 Å². The van der Waals surface area contributed by atoms with E-state index in [1.807, 2.05) is 4.90 Å². The Hall–Kier alpha value is -2.64. The number of piperidine rings is 1. The van der Waals surface area contributed by atoms with Crippen LogP contribution < -0.4 is 15.8 Å². The van der Waals surface area contributed by atoms with Gasteiger partial charge in [0.05, 0.1) is 11.8 Å². The van der Waals surface area contributed by atoms with Gasteiger partial charge >= 0.3 is 0 Å². The zero-order valence-corrected chi connectivity index (χ0v) is 13.7. The number of carbonyl (C=O) groups is 1. The van der Waals surface area contributed by atoms with Crippen LogP contribution in [0.5, 0.6) is 0 Å². The highest BCUT2D eigenvalue weighted by molar-refractivity contribution is 5.93. The topological polar surface area (TPSA) is 95.9 Å². The summed E-state index contributed by atoms with van der Waals surface area (Å²) in [5, 5.41) is 7.22. The maximum atomic E-state index is 12.4. The van der Waals surface area contributed by atoms with Crippen LogP contribution in [0, 0.1) is 0 Å². The maximum Gasteiger partial charge on any atom is 0.290 e. The minimum atomic E-state index is -0.203. The molecule has 0 unspecified atom stereocenters. The van der Waals surface area contributed by atoms with Crippen LogP contribution in [0.1, 0.15) is 36.5 Å². The van der Waals surface area contributed by atoms with Gasteiger partial charge in [0.2, 0.25) is 0 Å². The van der Waals surface area contributed by atoms with Gasteiger partial charge in [0, 0.05) is 44.3 Å². The quantitative estimate of drug-likeness (QED) is 0.844. The molecule has 1 atom stereocenters. The summed E-state index contributed by atoms with van der Waals surface area (Å²) in [6, 6.07) is -0.0119. The maximum absolute atomic E-state index is 12.4. The van der Waals surface area contributed by atoms with Gasteiger partial charge in [-0.05, 0) is 19.3 Å². The fourth-order valence-corrected chi connectivity index (χ4v) is 2.96. The fourth-order valence-electron chi connectivity index (χ4n) is 2.96. The summed E-state index contributed by atoms with van der Waals surface area (Å²) >= 11 is 0. The standard InChI is InChI=1S/C16H22N6O2/c1-2-7-22-10-12(9-19-22)15(23)20-13-4-3-8-21(11-13)14-16(24)18-6-5-17-14/h5-6,9-10,13H,2-4,7-8,11H2,1H3,(H,18,24)(H,20,23)/t13-/m1/s1. The SMILES string of the molecule is CCCn1cc(C(=O)N[C@@H]2CCCN(c3ncc[nH]c3=O)C2)cn1. The summed E-state index contributed by atoms with van der Waals surface area (Å²) in [5.41, 5.74) is 0.363. The molecule has 0 bridgehead atoms. The molecule has 1 amide bonds. The number of rotatable bonds is 5. The zero-order valence-electron chi connectivity index (χ0n) is 13.7. The molecule has 0 spiro atoms. The number of aromatic amines is 1. The van der Waals surface area contributed by atoms with E-state index in [9.17, 15) is 9.59 Å². The van der Waals surface area contributed by atoms with Gasteiger partial charge in [-0.15, -0.1) is 0 Å². The Bertz CT molecular complexity index is 753. The molecule has 2 aromatic heterocycles. The fraction of sp³-hybridized carbons (Fsp3) is 0.500. The first-order valence-corrected chi connectivity index (χ1v) is 8.29. The number of carbonyl (C=O) groups excluding carboxylic acids is 1. The van der Waals surface area contributed by atoms with Crippen LogP contribution in [0.3, 0.4) is 0 Å². The summed E-state index contributed by atoms with van der Waals surface area (Å²) in [6.07, 6.45) is 9.20. The number of H-pyrrole nitrogens is 1. The third-order valence-corrected chi connectivity index (χ3v) is 4.09. The molecule has 1 saturated heterocycles. The van der Waals surface area contributed by atoms with Crippen molar-refractivity contribution in [3.05, 3.63) is 40.7 Å². The first-order chi connectivity index (χ1) is 11.7. The number of nitrogens with zero attached hydrogens (tertiary/aromatic N) is 4. The van der Waals surface area contributed by atoms with Crippen molar-refractivity contribution in [2.45, 2.75) is 38.8 Å². The molecular formula is C16H22N6O2. The minimum Gasteiger partial charge on any atom is -0.350 e. The summed E-state index contributed by atoms with van der Waals surface area (Å²) in [4.78, 5) is 33.0. The van der Waals surface area contributed by atoms with Gasteiger partial charge in [-0.2, -0.15) is 5.10 Å². The van der Waals surface area contributed by atoms with E-state index in [0.29, 0.717) is 17.9 Å². The third kappa shape index (κ3) is 3.64. The smallest absolute Gasteiger partial charge is 0.290 e. The molecule has 8 heteroatoms. The van der Waals surface area contributed by atoms with Crippen molar-refractivity contribution >= 4 is 11.7 Å². The van der Waals surface area contributed by atoms with Crippen molar-refractivity contribution < 1.29 is 4.79 Å². The largest absolute Gasteiger partial charge is 0.350 e. The summed E-state index contributed by atoms with van der Waals surface area (Å²) in [5.74, 6) is 0.284. The lowest BCUT2D eigenvalue weighted by Crippen LogP contribution is -2.49. The Balaban J connectivity index is 1.63. The number of aryl methyl sites for hydroxylation is 1. The van der Waals surface area contributed by atoms with Crippen molar-refractivity contribution in [2.75, 3.05) is 18.0 Å². The number of hydrogen-bond donors (Lipinski definition) is 2. The monoisotopic (exact) mass is 330 g/mol. The summed E-state index contributed by atoms with van der Waals surface area (Å²) in [7, 11) is 0. The third-order valence-electron chi connectivity index (χ3n) is 4.09. The van der Waals surface area contributed by atoms with Crippen LogP contribution >= 0.6 is 0 Å². The molecule has 1 fully saturated rings. The molecule has 128 valence electrons. The molecular weight excluding hydrogens is 308 g/mol. The van der Waals surface area contributed by atoms with Gasteiger partial charge < -0.3 is 15.2 Å². The highest BCUT2D eigenvalue weighted by Gasteiger charge is 2.24. The Labute approximate surface area is 139 Å². The van der Waals surface area contributed by atoms with Crippen molar-refractivity contribution in [1.29, 1.82) is 0 Å². The van der Waals surface area contributed by atoms with Gasteiger partial charge in [-0.25, -0.2) is 4.98 Å². The van der Waals surface area contributed by atoms with Crippen LogP contribution in [-0.4, -0.2) is 44.8 Å².